The SMILES string of the molecule is Cc1cc(Cl)cc(C(=O)CCCCCCCCC(=O)O)c1O. The average molecular weight is 327 g/mol. The number of Topliss-reactive ketones (excluding diaryl/α,β-unsaturated/α-hetero) is 1. The van der Waals surface area contributed by atoms with Crippen LogP contribution in [0.3, 0.4) is 0 Å². The third-order valence-corrected chi connectivity index (χ3v) is 3.83. The second-order valence-electron chi connectivity index (χ2n) is 5.56. The van der Waals surface area contributed by atoms with Gasteiger partial charge in [-0.1, -0.05) is 37.3 Å². The zero-order valence-electron chi connectivity index (χ0n) is 12.9. The first-order chi connectivity index (χ1) is 10.4. The van der Waals surface area contributed by atoms with E-state index in [9.17, 15) is 14.7 Å². The first-order valence-electron chi connectivity index (χ1n) is 7.66. The molecule has 0 spiro atoms. The topological polar surface area (TPSA) is 74.6 Å². The van der Waals surface area contributed by atoms with E-state index in [1.165, 1.54) is 6.07 Å². The second-order valence-corrected chi connectivity index (χ2v) is 5.99. The minimum atomic E-state index is -0.748. The molecule has 1 aromatic carbocycles. The van der Waals surface area contributed by atoms with Gasteiger partial charge < -0.3 is 10.2 Å². The minimum absolute atomic E-state index is 0.0167. The Hall–Kier alpha value is -1.55. The van der Waals surface area contributed by atoms with Gasteiger partial charge in [0.25, 0.3) is 0 Å². The number of carboxylic acid groups (broad SMARTS) is 1. The Labute approximate surface area is 136 Å². The van der Waals surface area contributed by atoms with Crippen molar-refractivity contribution in [2.24, 2.45) is 0 Å². The second kappa shape index (κ2) is 9.46. The summed E-state index contributed by atoms with van der Waals surface area (Å²) in [6, 6.07) is 3.14. The van der Waals surface area contributed by atoms with Crippen molar-refractivity contribution in [1.82, 2.24) is 0 Å². The number of phenolic OH excluding ortho intramolecular Hbond substituents is 1. The highest BCUT2D eigenvalue weighted by molar-refractivity contribution is 6.31. The molecule has 4 nitrogen and oxygen atoms in total. The Kier molecular flexibility index (Phi) is 7.96. The van der Waals surface area contributed by atoms with E-state index in [-0.39, 0.29) is 18.0 Å². The number of halogens is 1. The number of carbonyl (C=O) groups is 2. The first-order valence-corrected chi connectivity index (χ1v) is 8.03. The molecule has 0 radical (unpaired) electrons. The Morgan fingerprint density at radius 3 is 2.14 bits per heavy atom. The average Bonchev–Trinajstić information content (AvgIpc) is 2.45. The fraction of sp³-hybridized carbons (Fsp3) is 0.529. The highest BCUT2D eigenvalue weighted by Crippen LogP contribution is 2.28. The van der Waals surface area contributed by atoms with Crippen molar-refractivity contribution in [2.45, 2.75) is 58.3 Å². The summed E-state index contributed by atoms with van der Waals surface area (Å²) in [6.07, 6.45) is 5.92. The molecule has 0 amide bonds. The molecule has 0 unspecified atom stereocenters. The summed E-state index contributed by atoms with van der Waals surface area (Å²) in [7, 11) is 0. The van der Waals surface area contributed by atoms with Crippen molar-refractivity contribution in [2.75, 3.05) is 0 Å². The fourth-order valence-electron chi connectivity index (χ4n) is 2.35. The molecule has 5 heteroatoms. The van der Waals surface area contributed by atoms with Crippen LogP contribution in [0.4, 0.5) is 0 Å². The summed E-state index contributed by atoms with van der Waals surface area (Å²) in [5, 5.41) is 18.9. The molecule has 0 aliphatic heterocycles. The Balaban J connectivity index is 2.25. The van der Waals surface area contributed by atoms with Crippen LogP contribution in [0.15, 0.2) is 12.1 Å². The number of carbonyl (C=O) groups excluding carboxylic acids is 1. The number of aliphatic carboxylic acids is 1. The Morgan fingerprint density at radius 2 is 1.55 bits per heavy atom. The van der Waals surface area contributed by atoms with E-state index in [1.807, 2.05) is 0 Å². The molecular weight excluding hydrogens is 304 g/mol. The summed E-state index contributed by atoms with van der Waals surface area (Å²) < 4.78 is 0. The molecule has 0 atom stereocenters. The smallest absolute Gasteiger partial charge is 0.303 e. The van der Waals surface area contributed by atoms with Crippen LogP contribution in [-0.4, -0.2) is 22.0 Å². The van der Waals surface area contributed by atoms with Gasteiger partial charge in [0.1, 0.15) is 5.75 Å². The number of hydrogen-bond acceptors (Lipinski definition) is 3. The Bertz CT molecular complexity index is 526. The lowest BCUT2D eigenvalue weighted by molar-refractivity contribution is -0.137. The standard InChI is InChI=1S/C17H23ClO4/c1-12-10-13(18)11-14(17(12)22)15(19)8-6-4-2-3-5-7-9-16(20)21/h10-11,22H,2-9H2,1H3,(H,20,21). The lowest BCUT2D eigenvalue weighted by atomic mass is 10.0. The summed E-state index contributed by atoms with van der Waals surface area (Å²) in [6.45, 7) is 1.72. The van der Waals surface area contributed by atoms with Gasteiger partial charge in [0.15, 0.2) is 5.78 Å². The summed E-state index contributed by atoms with van der Waals surface area (Å²) in [4.78, 5) is 22.4. The lowest BCUT2D eigenvalue weighted by Gasteiger charge is -2.07. The number of carboxylic acids is 1. The molecule has 0 fully saturated rings. The maximum atomic E-state index is 12.1. The number of phenols is 1. The van der Waals surface area contributed by atoms with Crippen molar-refractivity contribution in [3.8, 4) is 5.75 Å². The highest BCUT2D eigenvalue weighted by atomic mass is 35.5. The van der Waals surface area contributed by atoms with Gasteiger partial charge in [-0.15, -0.1) is 0 Å². The van der Waals surface area contributed by atoms with Crippen molar-refractivity contribution in [1.29, 1.82) is 0 Å². The molecule has 0 aromatic heterocycles. The number of ketones is 1. The predicted octanol–water partition coefficient (Wildman–Crippen LogP) is 4.74. The van der Waals surface area contributed by atoms with Crippen molar-refractivity contribution >= 4 is 23.4 Å². The molecule has 2 N–H and O–H groups in total. The van der Waals surface area contributed by atoms with E-state index in [1.54, 1.807) is 13.0 Å². The van der Waals surface area contributed by atoms with E-state index in [4.69, 9.17) is 16.7 Å². The molecule has 1 aromatic rings. The van der Waals surface area contributed by atoms with Gasteiger partial charge in [0.05, 0.1) is 5.56 Å². The largest absolute Gasteiger partial charge is 0.507 e. The van der Waals surface area contributed by atoms with Gasteiger partial charge in [-0.25, -0.2) is 0 Å². The van der Waals surface area contributed by atoms with E-state index in [0.717, 1.165) is 32.1 Å². The van der Waals surface area contributed by atoms with Gasteiger partial charge in [0.2, 0.25) is 0 Å². The maximum Gasteiger partial charge on any atom is 0.303 e. The zero-order valence-corrected chi connectivity index (χ0v) is 13.7. The molecule has 0 aliphatic rings. The number of unbranched alkanes of at least 4 members (excludes halogenated alkanes) is 5. The molecule has 22 heavy (non-hydrogen) atoms. The number of benzene rings is 1. The number of rotatable bonds is 10. The number of aromatic hydroxyl groups is 1. The van der Waals surface area contributed by atoms with Crippen LogP contribution in [0.5, 0.6) is 5.75 Å². The van der Waals surface area contributed by atoms with Gasteiger partial charge in [0, 0.05) is 17.9 Å². The van der Waals surface area contributed by atoms with Crippen LogP contribution >= 0.6 is 11.6 Å². The molecular formula is C17H23ClO4. The predicted molar refractivity (Wildman–Crippen MR) is 86.8 cm³/mol. The number of aryl methyl sites for hydroxylation is 1. The van der Waals surface area contributed by atoms with Crippen molar-refractivity contribution in [3.63, 3.8) is 0 Å². The lowest BCUT2D eigenvalue weighted by Crippen LogP contribution is -2.00. The van der Waals surface area contributed by atoms with E-state index < -0.39 is 5.97 Å². The third-order valence-electron chi connectivity index (χ3n) is 3.61. The van der Waals surface area contributed by atoms with E-state index >= 15 is 0 Å². The number of hydrogen-bond donors (Lipinski definition) is 2. The monoisotopic (exact) mass is 326 g/mol. The van der Waals surface area contributed by atoms with Crippen molar-refractivity contribution in [3.05, 3.63) is 28.3 Å². The normalized spacial score (nSPS) is 10.6. The van der Waals surface area contributed by atoms with Gasteiger partial charge in [-0.3, -0.25) is 9.59 Å². The molecule has 0 bridgehead atoms. The molecule has 0 heterocycles. The maximum absolute atomic E-state index is 12.1. The fourth-order valence-corrected chi connectivity index (χ4v) is 2.62. The summed E-state index contributed by atoms with van der Waals surface area (Å²) >= 11 is 5.92. The first kappa shape index (κ1) is 18.5. The highest BCUT2D eigenvalue weighted by Gasteiger charge is 2.13. The third kappa shape index (κ3) is 6.48. The van der Waals surface area contributed by atoms with Crippen LogP contribution in [-0.2, 0) is 4.79 Å². The van der Waals surface area contributed by atoms with Crippen LogP contribution < -0.4 is 0 Å². The Morgan fingerprint density at radius 1 is 1.00 bits per heavy atom. The van der Waals surface area contributed by atoms with Gasteiger partial charge in [-0.05, 0) is 37.5 Å². The van der Waals surface area contributed by atoms with Crippen LogP contribution in [0, 0.1) is 6.92 Å². The van der Waals surface area contributed by atoms with Crippen LogP contribution in [0.2, 0.25) is 5.02 Å². The molecule has 0 saturated heterocycles. The quantitative estimate of drug-likeness (QED) is 0.481. The minimum Gasteiger partial charge on any atom is -0.507 e. The van der Waals surface area contributed by atoms with E-state index in [2.05, 4.69) is 0 Å². The molecule has 0 saturated carbocycles. The van der Waals surface area contributed by atoms with Gasteiger partial charge in [-0.2, -0.15) is 0 Å². The van der Waals surface area contributed by atoms with Crippen LogP contribution in [0.1, 0.15) is 67.3 Å². The molecule has 1 rings (SSSR count). The molecule has 0 aliphatic carbocycles. The summed E-state index contributed by atoms with van der Waals surface area (Å²) in [5.41, 5.74) is 0.903. The van der Waals surface area contributed by atoms with Crippen molar-refractivity contribution < 1.29 is 19.8 Å². The van der Waals surface area contributed by atoms with Gasteiger partial charge >= 0.3 is 5.97 Å². The zero-order chi connectivity index (χ0) is 16.5. The van der Waals surface area contributed by atoms with Crippen LogP contribution in [0.25, 0.3) is 0 Å². The summed E-state index contributed by atoms with van der Waals surface area (Å²) in [5.74, 6) is -0.820. The van der Waals surface area contributed by atoms with E-state index in [0.29, 0.717) is 29.0 Å². The molecule has 122 valence electrons.